The highest BCUT2D eigenvalue weighted by Gasteiger charge is 2.39. The third-order valence-corrected chi connectivity index (χ3v) is 9.94. The van der Waals surface area contributed by atoms with Crippen molar-refractivity contribution >= 4 is 35.0 Å². The molecule has 4 amide bonds. The lowest BCUT2D eigenvalue weighted by Crippen LogP contribution is -2.53. The standard InChI is InChI=1S/C39H46N8O7/c1-22(2)32(44-38(51)53-4)36(49)46-18-6-8-30(46)34-40-21-29(43-34)26-15-12-24(13-16-26)10-11-25-14-17-27-28(20-25)42-35(41-27)31-9-7-19-47(31)37(50)33(23(3)48)45-39(52)54-5/h12-17,20-23,30-33,48H,6-9,18-19H2,1-5H3,(H,40,43)(H,41,42)(H,44,51)(H,45,52)/t23-,30-,31-,32-,33-/m0/s1. The van der Waals surface area contributed by atoms with Gasteiger partial charge in [0.15, 0.2) is 0 Å². The molecule has 15 heteroatoms. The number of likely N-dealkylation sites (tertiary alicyclic amines) is 2. The topological polar surface area (TPSA) is 195 Å². The van der Waals surface area contributed by atoms with Gasteiger partial charge in [0.25, 0.3) is 0 Å². The molecule has 0 bridgehead atoms. The fraction of sp³-hybridized carbons (Fsp3) is 0.436. The van der Waals surface area contributed by atoms with Gasteiger partial charge in [-0.1, -0.05) is 37.8 Å². The van der Waals surface area contributed by atoms with E-state index in [2.05, 4.69) is 42.2 Å². The molecule has 2 fully saturated rings. The van der Waals surface area contributed by atoms with Crippen molar-refractivity contribution in [2.75, 3.05) is 27.3 Å². The highest BCUT2D eigenvalue weighted by Crippen LogP contribution is 2.34. The number of alkyl carbamates (subject to hydrolysis) is 2. The molecular weight excluding hydrogens is 692 g/mol. The monoisotopic (exact) mass is 738 g/mol. The molecule has 0 spiro atoms. The number of imidazole rings is 2. The summed E-state index contributed by atoms with van der Waals surface area (Å²) >= 11 is 0. The summed E-state index contributed by atoms with van der Waals surface area (Å²) in [6, 6.07) is 11.1. The van der Waals surface area contributed by atoms with Crippen molar-refractivity contribution in [2.45, 2.75) is 76.7 Å². The maximum absolute atomic E-state index is 13.5. The minimum Gasteiger partial charge on any atom is -0.453 e. The van der Waals surface area contributed by atoms with Gasteiger partial charge in [0.2, 0.25) is 11.8 Å². The number of carbonyl (C=O) groups is 4. The van der Waals surface area contributed by atoms with Crippen LogP contribution in [-0.4, -0.2) is 104 Å². The SMILES string of the molecule is COC(=O)N[C@H](C(=O)N1CCC[C@H]1c1ncc(-c2ccc(C#Cc3ccc4nc([C@@H]5CCCN5C(=O)[C@@H](NC(=O)OC)[C@H](C)O)[nH]c4c3)cc2)[nH]1)C(C)C. The van der Waals surface area contributed by atoms with E-state index in [9.17, 15) is 24.3 Å². The van der Waals surface area contributed by atoms with Gasteiger partial charge in [-0.3, -0.25) is 9.59 Å². The number of aromatic amines is 2. The zero-order chi connectivity index (χ0) is 38.5. The van der Waals surface area contributed by atoms with E-state index in [4.69, 9.17) is 9.72 Å². The van der Waals surface area contributed by atoms with Gasteiger partial charge < -0.3 is 45.0 Å². The summed E-state index contributed by atoms with van der Waals surface area (Å²) in [4.78, 5) is 70.2. The number of hydrogen-bond acceptors (Lipinski definition) is 9. The van der Waals surface area contributed by atoms with Gasteiger partial charge in [-0.25, -0.2) is 19.6 Å². The van der Waals surface area contributed by atoms with Gasteiger partial charge in [0.1, 0.15) is 23.7 Å². The molecule has 0 aliphatic carbocycles. The number of amides is 4. The summed E-state index contributed by atoms with van der Waals surface area (Å²) in [5, 5.41) is 15.3. The molecule has 2 aromatic carbocycles. The van der Waals surface area contributed by atoms with Crippen LogP contribution in [-0.2, 0) is 19.1 Å². The summed E-state index contributed by atoms with van der Waals surface area (Å²) in [6.07, 6.45) is 2.27. The minimum absolute atomic E-state index is 0.115. The van der Waals surface area contributed by atoms with Crippen molar-refractivity contribution in [3.63, 3.8) is 0 Å². The van der Waals surface area contributed by atoms with Crippen LogP contribution in [0.15, 0.2) is 48.7 Å². The number of fused-ring (bicyclic) bond motifs is 1. The normalized spacial score (nSPS) is 18.5. The van der Waals surface area contributed by atoms with Crippen LogP contribution in [0.1, 0.15) is 81.3 Å². The molecule has 0 saturated carbocycles. The average Bonchev–Trinajstić information content (AvgIpc) is 4.00. The number of nitrogens with zero attached hydrogens (tertiary/aromatic N) is 4. The summed E-state index contributed by atoms with van der Waals surface area (Å²) in [5.41, 5.74) is 4.87. The van der Waals surface area contributed by atoms with Gasteiger partial charge in [0, 0.05) is 24.2 Å². The van der Waals surface area contributed by atoms with E-state index in [0.717, 1.165) is 52.7 Å². The molecule has 4 heterocycles. The van der Waals surface area contributed by atoms with E-state index in [1.54, 1.807) is 16.0 Å². The second-order valence-electron chi connectivity index (χ2n) is 14.0. The van der Waals surface area contributed by atoms with E-state index >= 15 is 0 Å². The molecule has 2 aromatic heterocycles. The van der Waals surface area contributed by atoms with Gasteiger partial charge in [-0.15, -0.1) is 0 Å². The summed E-state index contributed by atoms with van der Waals surface area (Å²) in [5.74, 6) is 7.10. The van der Waals surface area contributed by atoms with Crippen LogP contribution in [0.5, 0.6) is 0 Å². The van der Waals surface area contributed by atoms with Crippen LogP contribution >= 0.6 is 0 Å². The lowest BCUT2D eigenvalue weighted by molar-refractivity contribution is -0.137. The predicted octanol–water partition coefficient (Wildman–Crippen LogP) is 4.17. The van der Waals surface area contributed by atoms with Gasteiger partial charge >= 0.3 is 12.2 Å². The third kappa shape index (κ3) is 8.18. The predicted molar refractivity (Wildman–Crippen MR) is 199 cm³/mol. The van der Waals surface area contributed by atoms with Crippen LogP contribution in [0.25, 0.3) is 22.3 Å². The van der Waals surface area contributed by atoms with Crippen molar-refractivity contribution in [1.29, 1.82) is 0 Å². The van der Waals surface area contributed by atoms with Crippen LogP contribution in [0.3, 0.4) is 0 Å². The minimum atomic E-state index is -1.14. The maximum Gasteiger partial charge on any atom is 0.407 e. The number of methoxy groups -OCH3 is 2. The number of carbonyl (C=O) groups excluding carboxylic acids is 4. The fourth-order valence-corrected chi connectivity index (χ4v) is 7.06. The Balaban J connectivity index is 1.12. The molecule has 0 unspecified atom stereocenters. The Morgan fingerprint density at radius 1 is 0.815 bits per heavy atom. The number of ether oxygens (including phenoxy) is 2. The second-order valence-corrected chi connectivity index (χ2v) is 14.0. The van der Waals surface area contributed by atoms with Crippen molar-refractivity contribution in [3.05, 3.63) is 71.4 Å². The Hall–Kier alpha value is -5.88. The van der Waals surface area contributed by atoms with Gasteiger partial charge in [0.05, 0.1) is 55.3 Å². The molecule has 2 aliphatic rings. The first-order valence-corrected chi connectivity index (χ1v) is 18.1. The molecule has 2 aliphatic heterocycles. The highest BCUT2D eigenvalue weighted by atomic mass is 16.5. The number of aromatic nitrogens is 4. The largest absolute Gasteiger partial charge is 0.453 e. The first-order valence-electron chi connectivity index (χ1n) is 18.1. The lowest BCUT2D eigenvalue weighted by Gasteiger charge is -2.30. The Morgan fingerprint density at radius 3 is 2.00 bits per heavy atom. The van der Waals surface area contributed by atoms with E-state index < -0.39 is 36.3 Å². The van der Waals surface area contributed by atoms with Crippen LogP contribution in [0.4, 0.5) is 9.59 Å². The molecule has 15 nitrogen and oxygen atoms in total. The van der Waals surface area contributed by atoms with E-state index in [1.807, 2.05) is 56.3 Å². The first-order chi connectivity index (χ1) is 26.0. The van der Waals surface area contributed by atoms with Crippen LogP contribution in [0.2, 0.25) is 0 Å². The van der Waals surface area contributed by atoms with Crippen molar-refractivity contribution in [3.8, 4) is 23.1 Å². The number of benzene rings is 2. The molecule has 5 atom stereocenters. The number of aliphatic hydroxyl groups is 1. The molecule has 5 N–H and O–H groups in total. The van der Waals surface area contributed by atoms with Crippen molar-refractivity contribution in [2.24, 2.45) is 5.92 Å². The summed E-state index contributed by atoms with van der Waals surface area (Å²) in [6.45, 7) is 6.28. The average molecular weight is 739 g/mol. The summed E-state index contributed by atoms with van der Waals surface area (Å²) in [7, 11) is 2.48. The fourth-order valence-electron chi connectivity index (χ4n) is 7.06. The Kier molecular flexibility index (Phi) is 11.5. The van der Waals surface area contributed by atoms with Crippen LogP contribution < -0.4 is 10.6 Å². The number of hydrogen-bond donors (Lipinski definition) is 5. The zero-order valence-corrected chi connectivity index (χ0v) is 31.0. The van der Waals surface area contributed by atoms with E-state index in [1.165, 1.54) is 21.1 Å². The third-order valence-electron chi connectivity index (χ3n) is 9.94. The Morgan fingerprint density at radius 2 is 1.39 bits per heavy atom. The van der Waals surface area contributed by atoms with E-state index in [0.29, 0.717) is 31.2 Å². The Labute approximate surface area is 313 Å². The van der Waals surface area contributed by atoms with Gasteiger partial charge in [-0.05, 0) is 74.4 Å². The molecule has 54 heavy (non-hydrogen) atoms. The number of nitrogens with one attached hydrogen (secondary N) is 4. The molecular formula is C39H46N8O7. The van der Waals surface area contributed by atoms with Crippen LogP contribution in [0, 0.1) is 17.8 Å². The van der Waals surface area contributed by atoms with Crippen molar-refractivity contribution in [1.82, 2.24) is 40.4 Å². The first kappa shape index (κ1) is 37.9. The molecule has 6 rings (SSSR count). The quantitative estimate of drug-likeness (QED) is 0.157. The molecule has 0 radical (unpaired) electrons. The van der Waals surface area contributed by atoms with Gasteiger partial charge in [-0.2, -0.15) is 0 Å². The lowest BCUT2D eigenvalue weighted by atomic mass is 10.0. The molecule has 4 aromatic rings. The Bertz CT molecular complexity index is 2060. The number of H-pyrrole nitrogens is 2. The smallest absolute Gasteiger partial charge is 0.407 e. The van der Waals surface area contributed by atoms with Crippen molar-refractivity contribution < 1.29 is 33.8 Å². The second kappa shape index (κ2) is 16.4. The molecule has 284 valence electrons. The molecule has 2 saturated heterocycles. The number of rotatable bonds is 9. The van der Waals surface area contributed by atoms with E-state index in [-0.39, 0.29) is 23.9 Å². The maximum atomic E-state index is 13.5. The number of aliphatic hydroxyl groups excluding tert-OH is 1. The highest BCUT2D eigenvalue weighted by molar-refractivity contribution is 5.87. The summed E-state index contributed by atoms with van der Waals surface area (Å²) < 4.78 is 9.38. The zero-order valence-electron chi connectivity index (χ0n) is 31.0.